The second-order valence-electron chi connectivity index (χ2n) is 5.88. The molecule has 0 atom stereocenters. The van der Waals surface area contributed by atoms with Gasteiger partial charge in [0.15, 0.2) is 0 Å². The normalized spacial score (nSPS) is 10.5. The van der Waals surface area contributed by atoms with Crippen molar-refractivity contribution in [2.45, 2.75) is 39.0 Å². The Bertz CT molecular complexity index is 687. The summed E-state index contributed by atoms with van der Waals surface area (Å²) in [4.78, 5) is 12.0. The number of anilines is 1. The molecule has 0 fully saturated rings. The van der Waals surface area contributed by atoms with E-state index in [0.717, 1.165) is 12.1 Å². The molecule has 5 heteroatoms. The Balaban J connectivity index is 1.70. The summed E-state index contributed by atoms with van der Waals surface area (Å²) in [6, 6.07) is 13.1. The number of halogens is 2. The fraction of sp³-hybridized carbons (Fsp3) is 0.350. The lowest BCUT2D eigenvalue weighted by molar-refractivity contribution is -0.116. The van der Waals surface area contributed by atoms with Crippen LogP contribution < -0.4 is 10.1 Å². The third-order valence-corrected chi connectivity index (χ3v) is 4.29. The average Bonchev–Trinajstić information content (AvgIpc) is 2.59. The molecule has 0 heterocycles. The van der Waals surface area contributed by atoms with E-state index in [9.17, 15) is 4.79 Å². The molecule has 25 heavy (non-hydrogen) atoms. The van der Waals surface area contributed by atoms with E-state index in [1.165, 1.54) is 18.4 Å². The number of nitrogens with one attached hydrogen (secondary N) is 1. The second-order valence-corrected chi connectivity index (χ2v) is 6.72. The van der Waals surface area contributed by atoms with E-state index in [4.69, 9.17) is 27.9 Å². The molecular weight excluding hydrogens is 357 g/mol. The SMILES string of the molecule is CCCCc1ccc(NC(=O)CCCOc2ccc(Cl)cc2Cl)cc1. The first kappa shape index (κ1) is 19.6. The lowest BCUT2D eigenvalue weighted by Crippen LogP contribution is -2.12. The summed E-state index contributed by atoms with van der Waals surface area (Å²) in [5.41, 5.74) is 2.13. The first-order chi connectivity index (χ1) is 12.1. The molecule has 0 aliphatic rings. The first-order valence-electron chi connectivity index (χ1n) is 8.55. The van der Waals surface area contributed by atoms with Crippen LogP contribution in [0, 0.1) is 0 Å². The zero-order valence-corrected chi connectivity index (χ0v) is 15.9. The van der Waals surface area contributed by atoms with Gasteiger partial charge in [0, 0.05) is 17.1 Å². The minimum atomic E-state index is -0.0212. The Labute approximate surface area is 159 Å². The molecule has 0 aromatic heterocycles. The maximum absolute atomic E-state index is 12.0. The van der Waals surface area contributed by atoms with Gasteiger partial charge in [0.2, 0.25) is 5.91 Å². The molecule has 0 spiro atoms. The molecule has 0 aliphatic carbocycles. The van der Waals surface area contributed by atoms with Gasteiger partial charge >= 0.3 is 0 Å². The summed E-state index contributed by atoms with van der Waals surface area (Å²) in [6.45, 7) is 2.60. The number of hydrogen-bond donors (Lipinski definition) is 1. The molecule has 0 unspecified atom stereocenters. The lowest BCUT2D eigenvalue weighted by Gasteiger charge is -2.09. The monoisotopic (exact) mass is 379 g/mol. The number of carbonyl (C=O) groups excluding carboxylic acids is 1. The molecule has 0 bridgehead atoms. The van der Waals surface area contributed by atoms with E-state index >= 15 is 0 Å². The summed E-state index contributed by atoms with van der Waals surface area (Å²) in [7, 11) is 0. The van der Waals surface area contributed by atoms with E-state index in [0.29, 0.717) is 35.2 Å². The lowest BCUT2D eigenvalue weighted by atomic mass is 10.1. The van der Waals surface area contributed by atoms with Gasteiger partial charge in [-0.3, -0.25) is 4.79 Å². The van der Waals surface area contributed by atoms with Gasteiger partial charge < -0.3 is 10.1 Å². The van der Waals surface area contributed by atoms with Crippen molar-refractivity contribution in [1.29, 1.82) is 0 Å². The van der Waals surface area contributed by atoms with Gasteiger partial charge in [0.05, 0.1) is 11.6 Å². The fourth-order valence-electron chi connectivity index (χ4n) is 2.37. The molecule has 2 aromatic carbocycles. The van der Waals surface area contributed by atoms with Crippen LogP contribution in [0.1, 0.15) is 38.2 Å². The van der Waals surface area contributed by atoms with Crippen LogP contribution in [0.3, 0.4) is 0 Å². The van der Waals surface area contributed by atoms with Crippen LogP contribution in [0.25, 0.3) is 0 Å². The molecule has 1 amide bonds. The fourth-order valence-corrected chi connectivity index (χ4v) is 2.83. The highest BCUT2D eigenvalue weighted by atomic mass is 35.5. The van der Waals surface area contributed by atoms with Crippen LogP contribution in [0.15, 0.2) is 42.5 Å². The summed E-state index contributed by atoms with van der Waals surface area (Å²) in [6.07, 6.45) is 4.45. The predicted molar refractivity (Wildman–Crippen MR) is 105 cm³/mol. The zero-order chi connectivity index (χ0) is 18.1. The molecule has 2 aromatic rings. The summed E-state index contributed by atoms with van der Waals surface area (Å²) < 4.78 is 5.58. The van der Waals surface area contributed by atoms with Crippen molar-refractivity contribution >= 4 is 34.8 Å². The van der Waals surface area contributed by atoms with Crippen molar-refractivity contribution in [3.05, 3.63) is 58.1 Å². The predicted octanol–water partition coefficient (Wildman–Crippen LogP) is 6.13. The first-order valence-corrected chi connectivity index (χ1v) is 9.30. The number of ether oxygens (including phenoxy) is 1. The highest BCUT2D eigenvalue weighted by Crippen LogP contribution is 2.27. The van der Waals surface area contributed by atoms with E-state index < -0.39 is 0 Å². The highest BCUT2D eigenvalue weighted by molar-refractivity contribution is 6.35. The van der Waals surface area contributed by atoms with E-state index in [1.807, 2.05) is 12.1 Å². The summed E-state index contributed by atoms with van der Waals surface area (Å²) in [5.74, 6) is 0.557. The molecule has 0 radical (unpaired) electrons. The molecule has 1 N–H and O–H groups in total. The number of aryl methyl sites for hydroxylation is 1. The van der Waals surface area contributed by atoms with Crippen molar-refractivity contribution in [3.63, 3.8) is 0 Å². The molecule has 0 aliphatic heterocycles. The van der Waals surface area contributed by atoms with Gasteiger partial charge in [-0.25, -0.2) is 0 Å². The Morgan fingerprint density at radius 1 is 1.08 bits per heavy atom. The molecule has 0 saturated heterocycles. The average molecular weight is 380 g/mol. The van der Waals surface area contributed by atoms with Gasteiger partial charge in [0.25, 0.3) is 0 Å². The smallest absolute Gasteiger partial charge is 0.224 e. The number of amides is 1. The van der Waals surface area contributed by atoms with Gasteiger partial charge in [-0.15, -0.1) is 0 Å². The Hall–Kier alpha value is -1.71. The summed E-state index contributed by atoms with van der Waals surface area (Å²) >= 11 is 11.9. The third kappa shape index (κ3) is 6.97. The van der Waals surface area contributed by atoms with Crippen molar-refractivity contribution in [2.75, 3.05) is 11.9 Å². The standard InChI is InChI=1S/C20H23Cl2NO2/c1-2-3-5-15-7-10-17(11-8-15)23-20(24)6-4-13-25-19-12-9-16(21)14-18(19)22/h7-12,14H,2-6,13H2,1H3,(H,23,24). The van der Waals surface area contributed by atoms with Gasteiger partial charge in [-0.2, -0.15) is 0 Å². The van der Waals surface area contributed by atoms with Crippen LogP contribution in [0.5, 0.6) is 5.75 Å². The van der Waals surface area contributed by atoms with Crippen LogP contribution in [0.4, 0.5) is 5.69 Å². The minimum absolute atomic E-state index is 0.0212. The molecule has 2 rings (SSSR count). The Morgan fingerprint density at radius 2 is 1.84 bits per heavy atom. The Kier molecular flexibility index (Phi) is 8.10. The van der Waals surface area contributed by atoms with Gasteiger partial charge in [-0.1, -0.05) is 48.7 Å². The van der Waals surface area contributed by atoms with E-state index in [2.05, 4.69) is 24.4 Å². The number of hydrogen-bond acceptors (Lipinski definition) is 2. The third-order valence-electron chi connectivity index (χ3n) is 3.76. The van der Waals surface area contributed by atoms with Gasteiger partial charge in [0.1, 0.15) is 5.75 Å². The van der Waals surface area contributed by atoms with E-state index in [1.54, 1.807) is 18.2 Å². The second kappa shape index (κ2) is 10.3. The molecule has 3 nitrogen and oxygen atoms in total. The number of benzene rings is 2. The van der Waals surface area contributed by atoms with E-state index in [-0.39, 0.29) is 5.91 Å². The van der Waals surface area contributed by atoms with Crippen molar-refractivity contribution in [3.8, 4) is 5.75 Å². The topological polar surface area (TPSA) is 38.3 Å². The maximum Gasteiger partial charge on any atom is 0.224 e. The summed E-state index contributed by atoms with van der Waals surface area (Å²) in [5, 5.41) is 3.94. The van der Waals surface area contributed by atoms with Crippen LogP contribution in [-0.4, -0.2) is 12.5 Å². The maximum atomic E-state index is 12.0. The minimum Gasteiger partial charge on any atom is -0.492 e. The molecule has 0 saturated carbocycles. The zero-order valence-electron chi connectivity index (χ0n) is 14.4. The van der Waals surface area contributed by atoms with Crippen LogP contribution >= 0.6 is 23.2 Å². The van der Waals surface area contributed by atoms with Gasteiger partial charge in [-0.05, 0) is 55.2 Å². The molecule has 134 valence electrons. The number of unbranched alkanes of at least 4 members (excludes halogenated alkanes) is 1. The Morgan fingerprint density at radius 3 is 2.52 bits per heavy atom. The van der Waals surface area contributed by atoms with Crippen LogP contribution in [-0.2, 0) is 11.2 Å². The number of carbonyl (C=O) groups is 1. The highest BCUT2D eigenvalue weighted by Gasteiger charge is 2.05. The van der Waals surface area contributed by atoms with Crippen LogP contribution in [0.2, 0.25) is 10.0 Å². The number of rotatable bonds is 9. The molecular formula is C20H23Cl2NO2. The van der Waals surface area contributed by atoms with Crippen molar-refractivity contribution < 1.29 is 9.53 Å². The largest absolute Gasteiger partial charge is 0.492 e. The van der Waals surface area contributed by atoms with Crippen molar-refractivity contribution in [1.82, 2.24) is 0 Å². The van der Waals surface area contributed by atoms with Crippen molar-refractivity contribution in [2.24, 2.45) is 0 Å². The quantitative estimate of drug-likeness (QED) is 0.531.